The zero-order valence-electron chi connectivity index (χ0n) is 19.2. The molecule has 3 heterocycles. The lowest BCUT2D eigenvalue weighted by atomic mass is 9.96. The van der Waals surface area contributed by atoms with Crippen LogP contribution in [0, 0.1) is 23.0 Å². The lowest BCUT2D eigenvalue weighted by molar-refractivity contribution is -0.140. The maximum Gasteiger partial charge on any atom is 0.241 e. The summed E-state index contributed by atoms with van der Waals surface area (Å²) >= 11 is 0. The summed E-state index contributed by atoms with van der Waals surface area (Å²) in [5, 5.41) is 9.28. The molecule has 2 aromatic carbocycles. The first-order valence-electron chi connectivity index (χ1n) is 11.9. The Morgan fingerprint density at radius 1 is 1.09 bits per heavy atom. The molecule has 2 N–H and O–H groups in total. The van der Waals surface area contributed by atoms with Crippen molar-refractivity contribution >= 4 is 11.8 Å². The van der Waals surface area contributed by atoms with Gasteiger partial charge in [0.2, 0.25) is 11.8 Å². The first-order chi connectivity index (χ1) is 16.9. The molecule has 4 atom stereocenters. The van der Waals surface area contributed by atoms with Gasteiger partial charge >= 0.3 is 0 Å². The van der Waals surface area contributed by atoms with Crippen LogP contribution >= 0.6 is 0 Å². The minimum absolute atomic E-state index is 0.0874. The molecule has 0 aromatic heterocycles. The van der Waals surface area contributed by atoms with Gasteiger partial charge in [-0.2, -0.15) is 5.26 Å². The SMILES string of the molecule is N#C[C@@H]1CCCN1C(=O)[C@@H](N)CN1C[C@H]2C[C@@H]1C(=O)N2C(c1ccc(F)cc1)c1ccc(F)cc1. The molecule has 2 amide bonds. The van der Waals surface area contributed by atoms with Crippen LogP contribution < -0.4 is 5.73 Å². The largest absolute Gasteiger partial charge is 0.326 e. The summed E-state index contributed by atoms with van der Waals surface area (Å²) in [5.41, 5.74) is 7.73. The zero-order chi connectivity index (χ0) is 24.7. The Balaban J connectivity index is 1.34. The number of nitrogens with two attached hydrogens (primary N) is 1. The highest BCUT2D eigenvalue weighted by molar-refractivity contribution is 5.87. The van der Waals surface area contributed by atoms with E-state index in [1.165, 1.54) is 24.3 Å². The second kappa shape index (κ2) is 9.36. The molecule has 9 heteroatoms. The van der Waals surface area contributed by atoms with Gasteiger partial charge in [0.05, 0.1) is 24.2 Å². The van der Waals surface area contributed by atoms with Crippen LogP contribution in [0.3, 0.4) is 0 Å². The molecule has 182 valence electrons. The number of amides is 2. The number of carbonyl (C=O) groups is 2. The van der Waals surface area contributed by atoms with Gasteiger partial charge in [-0.15, -0.1) is 0 Å². The number of halogens is 2. The molecule has 7 nitrogen and oxygen atoms in total. The van der Waals surface area contributed by atoms with E-state index in [0.29, 0.717) is 25.9 Å². The summed E-state index contributed by atoms with van der Waals surface area (Å²) in [6.45, 7) is 1.32. The number of hydrogen-bond acceptors (Lipinski definition) is 5. The van der Waals surface area contributed by atoms with Crippen LogP contribution in [0.2, 0.25) is 0 Å². The van der Waals surface area contributed by atoms with Crippen molar-refractivity contribution < 1.29 is 18.4 Å². The van der Waals surface area contributed by atoms with Gasteiger partial charge in [0.15, 0.2) is 0 Å². The van der Waals surface area contributed by atoms with Gasteiger partial charge < -0.3 is 15.5 Å². The molecule has 0 aliphatic carbocycles. The van der Waals surface area contributed by atoms with Gasteiger partial charge in [0.25, 0.3) is 0 Å². The Bertz CT molecular complexity index is 1100. The minimum atomic E-state index is -0.811. The summed E-state index contributed by atoms with van der Waals surface area (Å²) in [4.78, 5) is 31.7. The van der Waals surface area contributed by atoms with E-state index in [1.807, 2.05) is 4.90 Å². The summed E-state index contributed by atoms with van der Waals surface area (Å²) in [5.74, 6) is -1.09. The molecule has 3 saturated heterocycles. The summed E-state index contributed by atoms with van der Waals surface area (Å²) < 4.78 is 27.2. The predicted octanol–water partition coefficient (Wildman–Crippen LogP) is 2.18. The highest BCUT2D eigenvalue weighted by atomic mass is 19.1. The maximum atomic E-state index is 13.6. The smallest absolute Gasteiger partial charge is 0.241 e. The van der Waals surface area contributed by atoms with Crippen molar-refractivity contribution in [3.8, 4) is 6.07 Å². The van der Waals surface area contributed by atoms with Gasteiger partial charge in [-0.1, -0.05) is 24.3 Å². The Morgan fingerprint density at radius 3 is 2.23 bits per heavy atom. The number of rotatable bonds is 6. The van der Waals surface area contributed by atoms with Crippen molar-refractivity contribution in [1.82, 2.24) is 14.7 Å². The first-order valence-corrected chi connectivity index (χ1v) is 11.9. The van der Waals surface area contributed by atoms with Crippen LogP contribution in [0.5, 0.6) is 0 Å². The molecule has 35 heavy (non-hydrogen) atoms. The fourth-order valence-electron chi connectivity index (χ4n) is 5.74. The third-order valence-electron chi connectivity index (χ3n) is 7.40. The average Bonchev–Trinajstić information content (AvgIpc) is 3.57. The van der Waals surface area contributed by atoms with Crippen molar-refractivity contribution in [3.63, 3.8) is 0 Å². The van der Waals surface area contributed by atoms with E-state index in [1.54, 1.807) is 34.1 Å². The Hall–Kier alpha value is -3.35. The number of fused-ring (bicyclic) bond motifs is 2. The van der Waals surface area contributed by atoms with Gasteiger partial charge in [0, 0.05) is 25.7 Å². The van der Waals surface area contributed by atoms with Crippen molar-refractivity contribution in [2.75, 3.05) is 19.6 Å². The molecule has 2 aromatic rings. The molecule has 0 saturated carbocycles. The van der Waals surface area contributed by atoms with E-state index >= 15 is 0 Å². The quantitative estimate of drug-likeness (QED) is 0.686. The monoisotopic (exact) mass is 479 g/mol. The number of nitriles is 1. The van der Waals surface area contributed by atoms with Gasteiger partial charge in [-0.3, -0.25) is 14.5 Å². The third kappa shape index (κ3) is 4.28. The lowest BCUT2D eigenvalue weighted by Gasteiger charge is -2.40. The van der Waals surface area contributed by atoms with E-state index in [4.69, 9.17) is 5.73 Å². The summed E-state index contributed by atoms with van der Waals surface area (Å²) in [7, 11) is 0. The minimum Gasteiger partial charge on any atom is -0.326 e. The molecular weight excluding hydrogens is 452 g/mol. The number of nitrogens with zero attached hydrogens (tertiary/aromatic N) is 4. The Kier molecular flexibility index (Phi) is 6.26. The molecule has 3 aliphatic heterocycles. The maximum absolute atomic E-state index is 13.6. The van der Waals surface area contributed by atoms with Gasteiger partial charge in [-0.05, 0) is 54.7 Å². The molecule has 5 rings (SSSR count). The number of benzene rings is 2. The highest BCUT2D eigenvalue weighted by Gasteiger charge is 2.52. The molecule has 0 spiro atoms. The molecule has 0 unspecified atom stereocenters. The first kappa shape index (κ1) is 23.4. The van der Waals surface area contributed by atoms with Crippen LogP contribution in [0.1, 0.15) is 36.4 Å². The number of likely N-dealkylation sites (tertiary alicyclic amines) is 3. The Labute approximate surface area is 202 Å². The lowest BCUT2D eigenvalue weighted by Crippen LogP contribution is -2.57. The van der Waals surface area contributed by atoms with Crippen LogP contribution in [0.4, 0.5) is 8.78 Å². The van der Waals surface area contributed by atoms with Crippen molar-refractivity contribution in [1.29, 1.82) is 5.26 Å². The number of carbonyl (C=O) groups excluding carboxylic acids is 2. The highest BCUT2D eigenvalue weighted by Crippen LogP contribution is 2.41. The third-order valence-corrected chi connectivity index (χ3v) is 7.40. The molecule has 0 radical (unpaired) electrons. The van der Waals surface area contributed by atoms with E-state index in [2.05, 4.69) is 6.07 Å². The van der Waals surface area contributed by atoms with Crippen molar-refractivity contribution in [2.45, 2.75) is 49.5 Å². The predicted molar refractivity (Wildman–Crippen MR) is 124 cm³/mol. The second-order valence-corrected chi connectivity index (χ2v) is 9.54. The van der Waals surface area contributed by atoms with Gasteiger partial charge in [-0.25, -0.2) is 8.78 Å². The van der Waals surface area contributed by atoms with E-state index in [9.17, 15) is 23.6 Å². The summed E-state index contributed by atoms with van der Waals surface area (Å²) in [6.07, 6.45) is 2.04. The normalized spacial score (nSPS) is 24.9. The number of hydrogen-bond donors (Lipinski definition) is 1. The second-order valence-electron chi connectivity index (χ2n) is 9.54. The number of piperazine rings is 1. The fourth-order valence-corrected chi connectivity index (χ4v) is 5.74. The topological polar surface area (TPSA) is 93.7 Å². The molecule has 3 aliphatic rings. The van der Waals surface area contributed by atoms with Crippen LogP contribution in [0.25, 0.3) is 0 Å². The van der Waals surface area contributed by atoms with E-state index in [0.717, 1.165) is 17.5 Å². The van der Waals surface area contributed by atoms with Crippen molar-refractivity contribution in [3.05, 3.63) is 71.3 Å². The molecule has 2 bridgehead atoms. The van der Waals surface area contributed by atoms with Crippen LogP contribution in [-0.2, 0) is 9.59 Å². The standard InChI is InChI=1S/C26H27F2N5O2/c27-18-7-3-16(4-8-18)24(17-5-9-19(28)10-6-17)33-21-12-23(26(33)35)31(14-21)15-22(30)25(34)32-11-1-2-20(32)13-29/h3-10,20-24H,1-2,11-12,14-15,30H2/t20-,21+,22-,23+/m0/s1. The molecular formula is C26H27F2N5O2. The van der Waals surface area contributed by atoms with E-state index in [-0.39, 0.29) is 36.0 Å². The fraction of sp³-hybridized carbons (Fsp3) is 0.423. The van der Waals surface area contributed by atoms with Crippen LogP contribution in [0.15, 0.2) is 48.5 Å². The average molecular weight is 480 g/mol. The van der Waals surface area contributed by atoms with E-state index < -0.39 is 24.2 Å². The zero-order valence-corrected chi connectivity index (χ0v) is 19.2. The van der Waals surface area contributed by atoms with Crippen LogP contribution in [-0.4, -0.2) is 70.3 Å². The van der Waals surface area contributed by atoms with Gasteiger partial charge in [0.1, 0.15) is 17.7 Å². The summed E-state index contributed by atoms with van der Waals surface area (Å²) in [6, 6.07) is 11.9. The molecule has 3 fully saturated rings. The van der Waals surface area contributed by atoms with Crippen molar-refractivity contribution in [2.24, 2.45) is 5.73 Å². The Morgan fingerprint density at radius 2 is 1.69 bits per heavy atom.